The van der Waals surface area contributed by atoms with Crippen LogP contribution in [-0.4, -0.2) is 42.1 Å². The molecular formula is C25H33N5O3. The fraction of sp³-hybridized carbons (Fsp3) is 0.400. The second-order valence-electron chi connectivity index (χ2n) is 8.48. The molecule has 1 aliphatic heterocycles. The quantitative estimate of drug-likeness (QED) is 0.378. The van der Waals surface area contributed by atoms with Crippen molar-refractivity contribution in [2.45, 2.75) is 51.6 Å². The highest BCUT2D eigenvalue weighted by molar-refractivity contribution is 6.05. The van der Waals surface area contributed by atoms with E-state index in [-0.39, 0.29) is 18.3 Å². The van der Waals surface area contributed by atoms with E-state index >= 15 is 0 Å². The molecule has 0 aliphatic carbocycles. The Morgan fingerprint density at radius 3 is 2.39 bits per heavy atom. The molecule has 3 rings (SSSR count). The number of carbonyl (C=O) groups excluding carboxylic acids is 1. The number of aryl methyl sites for hydroxylation is 1. The van der Waals surface area contributed by atoms with E-state index in [1.807, 2.05) is 0 Å². The van der Waals surface area contributed by atoms with E-state index in [2.05, 4.69) is 40.3 Å². The smallest absolute Gasteiger partial charge is 0.320 e. The number of nitrogens with one attached hydrogen (secondary N) is 1. The lowest BCUT2D eigenvalue weighted by molar-refractivity contribution is -0.138. The van der Waals surface area contributed by atoms with Gasteiger partial charge in [0.05, 0.1) is 6.54 Å². The summed E-state index contributed by atoms with van der Waals surface area (Å²) in [6.07, 6.45) is 5.10. The Hall–Kier alpha value is -3.39. The monoisotopic (exact) mass is 451 g/mol. The number of guanidine groups is 1. The summed E-state index contributed by atoms with van der Waals surface area (Å²) in [4.78, 5) is 30.3. The highest BCUT2D eigenvalue weighted by Gasteiger charge is 2.16. The standard InChI is InChI=1S/C25H33N5O3/c1-17-7-6-8-22(30-13-4-2-3-5-14-30)20(17)16-28-25(27)29-23(31)19-11-9-18(10-12-19)15-21(26)24(32)33/h6-12,21H,2-5,13-16,26H2,1H3,(H,32,33)(H3,27,28,29,31)/t21-/m0/s1. The fourth-order valence-electron chi connectivity index (χ4n) is 4.03. The summed E-state index contributed by atoms with van der Waals surface area (Å²) in [6, 6.07) is 11.9. The molecule has 0 unspecified atom stereocenters. The van der Waals surface area contributed by atoms with Gasteiger partial charge >= 0.3 is 5.97 Å². The maximum atomic E-state index is 12.5. The molecule has 176 valence electrons. The highest BCUT2D eigenvalue weighted by Crippen LogP contribution is 2.27. The van der Waals surface area contributed by atoms with Crippen LogP contribution in [-0.2, 0) is 17.8 Å². The van der Waals surface area contributed by atoms with Crippen LogP contribution in [0.15, 0.2) is 47.5 Å². The summed E-state index contributed by atoms with van der Waals surface area (Å²) in [7, 11) is 0. The van der Waals surface area contributed by atoms with Crippen LogP contribution in [0.3, 0.4) is 0 Å². The van der Waals surface area contributed by atoms with Crippen LogP contribution in [0.2, 0.25) is 0 Å². The van der Waals surface area contributed by atoms with Crippen molar-refractivity contribution in [3.8, 4) is 0 Å². The average Bonchev–Trinajstić information content (AvgIpc) is 3.08. The van der Waals surface area contributed by atoms with Crippen molar-refractivity contribution >= 4 is 23.5 Å². The average molecular weight is 452 g/mol. The van der Waals surface area contributed by atoms with Gasteiger partial charge in [0.2, 0.25) is 0 Å². The van der Waals surface area contributed by atoms with Gasteiger partial charge in [0.15, 0.2) is 5.96 Å². The van der Waals surface area contributed by atoms with Gasteiger partial charge in [-0.15, -0.1) is 0 Å². The van der Waals surface area contributed by atoms with Crippen molar-refractivity contribution in [3.05, 3.63) is 64.7 Å². The summed E-state index contributed by atoms with van der Waals surface area (Å²) >= 11 is 0. The van der Waals surface area contributed by atoms with Crippen molar-refractivity contribution in [1.82, 2.24) is 5.32 Å². The number of carboxylic acids is 1. The van der Waals surface area contributed by atoms with Gasteiger partial charge in [-0.25, -0.2) is 4.99 Å². The lowest BCUT2D eigenvalue weighted by atomic mass is 10.0. The molecule has 6 N–H and O–H groups in total. The Balaban J connectivity index is 1.65. The van der Waals surface area contributed by atoms with E-state index < -0.39 is 12.0 Å². The molecule has 8 heteroatoms. The van der Waals surface area contributed by atoms with Gasteiger partial charge in [0, 0.05) is 24.3 Å². The number of nitrogens with two attached hydrogens (primary N) is 2. The second kappa shape index (κ2) is 11.5. The number of amides is 1. The SMILES string of the molecule is Cc1cccc(N2CCCCCC2)c1CN=C(N)NC(=O)c1ccc(C[C@H](N)C(=O)O)cc1. The third kappa shape index (κ3) is 6.79. The van der Waals surface area contributed by atoms with E-state index in [1.165, 1.54) is 31.4 Å². The van der Waals surface area contributed by atoms with Crippen LogP contribution in [0.5, 0.6) is 0 Å². The number of nitrogens with zero attached hydrogens (tertiary/aromatic N) is 2. The molecule has 1 heterocycles. The Kier molecular flexibility index (Phi) is 8.43. The van der Waals surface area contributed by atoms with Crippen molar-refractivity contribution in [2.24, 2.45) is 16.5 Å². The lowest BCUT2D eigenvalue weighted by Gasteiger charge is -2.26. The van der Waals surface area contributed by atoms with Gasteiger partial charge in [-0.1, -0.05) is 37.1 Å². The van der Waals surface area contributed by atoms with E-state index in [9.17, 15) is 9.59 Å². The molecule has 0 spiro atoms. The number of hydrogen-bond donors (Lipinski definition) is 4. The molecule has 1 fully saturated rings. The largest absolute Gasteiger partial charge is 0.480 e. The summed E-state index contributed by atoms with van der Waals surface area (Å²) < 4.78 is 0. The van der Waals surface area contributed by atoms with Gasteiger partial charge < -0.3 is 21.5 Å². The predicted octanol–water partition coefficient (Wildman–Crippen LogP) is 2.57. The van der Waals surface area contributed by atoms with Crippen LogP contribution < -0.4 is 21.7 Å². The first-order valence-corrected chi connectivity index (χ1v) is 11.4. The van der Waals surface area contributed by atoms with Crippen LogP contribution in [0.1, 0.15) is 52.7 Å². The van der Waals surface area contributed by atoms with Gasteiger partial charge in [0.1, 0.15) is 6.04 Å². The first-order chi connectivity index (χ1) is 15.8. The fourth-order valence-corrected chi connectivity index (χ4v) is 4.03. The lowest BCUT2D eigenvalue weighted by Crippen LogP contribution is -2.37. The number of carboxylic acid groups (broad SMARTS) is 1. The van der Waals surface area contributed by atoms with Gasteiger partial charge in [-0.3, -0.25) is 14.9 Å². The number of aliphatic imine (C=N–C) groups is 1. The van der Waals surface area contributed by atoms with E-state index in [0.29, 0.717) is 12.1 Å². The zero-order chi connectivity index (χ0) is 23.8. The molecule has 2 aromatic carbocycles. The molecule has 0 aromatic heterocycles. The summed E-state index contributed by atoms with van der Waals surface area (Å²) in [5.41, 5.74) is 16.2. The maximum absolute atomic E-state index is 12.5. The molecule has 33 heavy (non-hydrogen) atoms. The van der Waals surface area contributed by atoms with Crippen LogP contribution in [0.25, 0.3) is 0 Å². The highest BCUT2D eigenvalue weighted by atomic mass is 16.4. The minimum Gasteiger partial charge on any atom is -0.480 e. The minimum atomic E-state index is -1.06. The van der Waals surface area contributed by atoms with Gasteiger partial charge in [0.25, 0.3) is 5.91 Å². The van der Waals surface area contributed by atoms with Crippen LogP contribution >= 0.6 is 0 Å². The van der Waals surface area contributed by atoms with Crippen molar-refractivity contribution in [3.63, 3.8) is 0 Å². The predicted molar refractivity (Wildman–Crippen MR) is 130 cm³/mol. The number of rotatable bonds is 7. The number of aliphatic carboxylic acids is 1. The Morgan fingerprint density at radius 2 is 1.76 bits per heavy atom. The van der Waals surface area contributed by atoms with Crippen molar-refractivity contribution in [1.29, 1.82) is 0 Å². The van der Waals surface area contributed by atoms with Gasteiger partial charge in [-0.2, -0.15) is 0 Å². The molecule has 1 saturated heterocycles. The minimum absolute atomic E-state index is 0.0574. The normalized spacial score (nSPS) is 15.6. The Morgan fingerprint density at radius 1 is 1.09 bits per heavy atom. The maximum Gasteiger partial charge on any atom is 0.320 e. The number of anilines is 1. The third-order valence-corrected chi connectivity index (χ3v) is 5.97. The number of carbonyl (C=O) groups is 2. The summed E-state index contributed by atoms with van der Waals surface area (Å²) in [5, 5.41) is 11.5. The first-order valence-electron chi connectivity index (χ1n) is 11.4. The topological polar surface area (TPSA) is 134 Å². The van der Waals surface area contributed by atoms with Gasteiger partial charge in [-0.05, 0) is 61.1 Å². The molecular weight excluding hydrogens is 418 g/mol. The molecule has 1 aliphatic rings. The number of benzene rings is 2. The Labute approximate surface area is 194 Å². The zero-order valence-corrected chi connectivity index (χ0v) is 19.1. The summed E-state index contributed by atoms with van der Waals surface area (Å²) in [5.74, 6) is -1.38. The van der Waals surface area contributed by atoms with E-state index in [0.717, 1.165) is 29.8 Å². The molecule has 0 bridgehead atoms. The van der Waals surface area contributed by atoms with Crippen LogP contribution in [0.4, 0.5) is 5.69 Å². The first kappa shape index (κ1) is 24.3. The molecule has 0 saturated carbocycles. The molecule has 8 nitrogen and oxygen atoms in total. The van der Waals surface area contributed by atoms with E-state index in [4.69, 9.17) is 16.6 Å². The molecule has 1 atom stereocenters. The molecule has 0 radical (unpaired) electrons. The van der Waals surface area contributed by atoms with Crippen molar-refractivity contribution < 1.29 is 14.7 Å². The number of hydrogen-bond acceptors (Lipinski definition) is 5. The third-order valence-electron chi connectivity index (χ3n) is 5.97. The van der Waals surface area contributed by atoms with Crippen molar-refractivity contribution in [2.75, 3.05) is 18.0 Å². The second-order valence-corrected chi connectivity index (χ2v) is 8.48. The zero-order valence-electron chi connectivity index (χ0n) is 19.1. The van der Waals surface area contributed by atoms with E-state index in [1.54, 1.807) is 24.3 Å². The van der Waals surface area contributed by atoms with Crippen LogP contribution in [0, 0.1) is 6.92 Å². The summed E-state index contributed by atoms with van der Waals surface area (Å²) in [6.45, 7) is 4.54. The molecule has 1 amide bonds. The Bertz CT molecular complexity index is 996. The molecule has 2 aromatic rings.